The van der Waals surface area contributed by atoms with Crippen LogP contribution >= 0.6 is 0 Å². The molecule has 0 unspecified atom stereocenters. The first-order chi connectivity index (χ1) is 16.0. The topological polar surface area (TPSA) is 69.7 Å². The number of rotatable bonds is 7. The lowest BCUT2D eigenvalue weighted by Crippen LogP contribution is -2.27. The number of ketones is 1. The zero-order chi connectivity index (χ0) is 26.6. The lowest BCUT2D eigenvalue weighted by Gasteiger charge is -2.25. The molecule has 0 N–H and O–H groups in total. The fraction of sp³-hybridized carbons (Fsp3) is 0.367. The van der Waals surface area contributed by atoms with E-state index in [2.05, 4.69) is 6.58 Å². The predicted octanol–water partition coefficient (Wildman–Crippen LogP) is 6.95. The lowest BCUT2D eigenvalue weighted by atomic mass is 9.83. The van der Waals surface area contributed by atoms with Gasteiger partial charge >= 0.3 is 11.9 Å². The summed E-state index contributed by atoms with van der Waals surface area (Å²) in [4.78, 5) is 37.2. The van der Waals surface area contributed by atoms with Crippen LogP contribution in [0.2, 0.25) is 0 Å². The molecular weight excluding hydrogens is 440 g/mol. The number of hydrogen-bond donors (Lipinski definition) is 0. The Morgan fingerprint density at radius 1 is 0.771 bits per heavy atom. The SMILES string of the molecule is C=CC(C)(C)c1cc(C=CC(=O)c2ccc(OC(=O)C(C)(C)C)cc2)ccc1OC(=O)C(C)(C)C. The van der Waals surface area contributed by atoms with Crippen molar-refractivity contribution in [3.63, 3.8) is 0 Å². The minimum absolute atomic E-state index is 0.188. The Morgan fingerprint density at radius 2 is 1.31 bits per heavy atom. The van der Waals surface area contributed by atoms with Crippen molar-refractivity contribution >= 4 is 23.8 Å². The van der Waals surface area contributed by atoms with Crippen LogP contribution in [-0.2, 0) is 15.0 Å². The van der Waals surface area contributed by atoms with Gasteiger partial charge in [0.05, 0.1) is 10.8 Å². The molecule has 0 atom stereocenters. The third-order valence-electron chi connectivity index (χ3n) is 5.41. The maximum atomic E-state index is 12.7. The molecule has 0 aromatic heterocycles. The van der Waals surface area contributed by atoms with Crippen LogP contribution in [0.15, 0.2) is 61.2 Å². The van der Waals surface area contributed by atoms with Gasteiger partial charge in [-0.3, -0.25) is 14.4 Å². The van der Waals surface area contributed by atoms with Crippen LogP contribution in [0.25, 0.3) is 6.08 Å². The Bertz CT molecular complexity index is 1140. The fourth-order valence-electron chi connectivity index (χ4n) is 2.82. The molecule has 0 spiro atoms. The molecule has 2 rings (SSSR count). The van der Waals surface area contributed by atoms with E-state index in [0.717, 1.165) is 11.1 Å². The van der Waals surface area contributed by atoms with Crippen molar-refractivity contribution in [2.24, 2.45) is 10.8 Å². The van der Waals surface area contributed by atoms with E-state index in [1.165, 1.54) is 6.08 Å². The summed E-state index contributed by atoms with van der Waals surface area (Å²) in [6.07, 6.45) is 4.99. The van der Waals surface area contributed by atoms with Crippen molar-refractivity contribution in [1.82, 2.24) is 0 Å². The highest BCUT2D eigenvalue weighted by molar-refractivity contribution is 6.06. The molecule has 186 valence electrons. The van der Waals surface area contributed by atoms with Gasteiger partial charge in [-0.1, -0.05) is 32.1 Å². The van der Waals surface area contributed by atoms with Gasteiger partial charge < -0.3 is 9.47 Å². The number of esters is 2. The van der Waals surface area contributed by atoms with Gasteiger partial charge in [0.2, 0.25) is 0 Å². The van der Waals surface area contributed by atoms with Crippen LogP contribution in [0.4, 0.5) is 0 Å². The predicted molar refractivity (Wildman–Crippen MR) is 140 cm³/mol. The Balaban J connectivity index is 2.25. The number of carbonyl (C=O) groups is 3. The van der Waals surface area contributed by atoms with Gasteiger partial charge in [0.15, 0.2) is 5.78 Å². The summed E-state index contributed by atoms with van der Waals surface area (Å²) in [6.45, 7) is 18.6. The molecule has 0 heterocycles. The average molecular weight is 477 g/mol. The van der Waals surface area contributed by atoms with Gasteiger partial charge in [-0.15, -0.1) is 6.58 Å². The highest BCUT2D eigenvalue weighted by atomic mass is 16.5. The molecule has 0 aliphatic rings. The molecule has 0 saturated heterocycles. The summed E-state index contributed by atoms with van der Waals surface area (Å²) in [5.74, 6) is 0.00682. The second-order valence-corrected chi connectivity index (χ2v) is 11.2. The number of ether oxygens (including phenoxy) is 2. The largest absolute Gasteiger partial charge is 0.426 e. The minimum Gasteiger partial charge on any atom is -0.426 e. The van der Waals surface area contributed by atoms with E-state index in [9.17, 15) is 14.4 Å². The highest BCUT2D eigenvalue weighted by Gasteiger charge is 2.28. The van der Waals surface area contributed by atoms with E-state index >= 15 is 0 Å². The van der Waals surface area contributed by atoms with Crippen LogP contribution in [0, 0.1) is 10.8 Å². The standard InChI is InChI=1S/C30H36O5/c1-10-30(8,9)23-19-20(12-18-25(23)35-27(33)29(5,6)7)11-17-24(31)21-13-15-22(16-14-21)34-26(32)28(2,3)4/h10-19H,1H2,2-9H3. The van der Waals surface area contributed by atoms with Crippen molar-refractivity contribution < 1.29 is 23.9 Å². The second kappa shape index (κ2) is 10.4. The summed E-state index contributed by atoms with van der Waals surface area (Å²) in [6, 6.07) is 11.9. The van der Waals surface area contributed by atoms with Crippen molar-refractivity contribution in [2.45, 2.75) is 60.8 Å². The van der Waals surface area contributed by atoms with E-state index in [0.29, 0.717) is 17.1 Å². The Hall–Kier alpha value is -3.47. The summed E-state index contributed by atoms with van der Waals surface area (Å²) in [5, 5.41) is 0. The van der Waals surface area contributed by atoms with E-state index in [-0.39, 0.29) is 17.7 Å². The fourth-order valence-corrected chi connectivity index (χ4v) is 2.82. The van der Waals surface area contributed by atoms with Gasteiger partial charge in [-0.25, -0.2) is 0 Å². The van der Waals surface area contributed by atoms with E-state index in [1.807, 2.05) is 19.9 Å². The second-order valence-electron chi connectivity index (χ2n) is 11.2. The zero-order valence-electron chi connectivity index (χ0n) is 22.0. The van der Waals surface area contributed by atoms with E-state index in [4.69, 9.17) is 9.47 Å². The normalized spacial score (nSPS) is 12.3. The van der Waals surface area contributed by atoms with Gasteiger partial charge in [0.1, 0.15) is 11.5 Å². The monoisotopic (exact) mass is 476 g/mol. The minimum atomic E-state index is -0.638. The zero-order valence-corrected chi connectivity index (χ0v) is 22.0. The molecule has 0 bridgehead atoms. The third kappa shape index (κ3) is 7.51. The van der Waals surface area contributed by atoms with Gasteiger partial charge in [-0.2, -0.15) is 0 Å². The van der Waals surface area contributed by atoms with Crippen molar-refractivity contribution in [2.75, 3.05) is 0 Å². The number of allylic oxidation sites excluding steroid dienone is 2. The summed E-state index contributed by atoms with van der Waals surface area (Å²) < 4.78 is 11.0. The summed E-state index contributed by atoms with van der Waals surface area (Å²) in [5.41, 5.74) is 0.346. The van der Waals surface area contributed by atoms with Crippen molar-refractivity contribution in [3.8, 4) is 11.5 Å². The van der Waals surface area contributed by atoms with Crippen LogP contribution in [0.1, 0.15) is 76.9 Å². The van der Waals surface area contributed by atoms with Gasteiger partial charge in [0, 0.05) is 16.5 Å². The molecule has 0 fully saturated rings. The molecule has 35 heavy (non-hydrogen) atoms. The Labute approximate surface area is 208 Å². The molecule has 5 nitrogen and oxygen atoms in total. The summed E-state index contributed by atoms with van der Waals surface area (Å²) >= 11 is 0. The quantitative estimate of drug-likeness (QED) is 0.142. The van der Waals surface area contributed by atoms with Gasteiger partial charge in [-0.05, 0) is 89.6 Å². The van der Waals surface area contributed by atoms with Crippen LogP contribution in [-0.4, -0.2) is 17.7 Å². The summed E-state index contributed by atoms with van der Waals surface area (Å²) in [7, 11) is 0. The van der Waals surface area contributed by atoms with E-state index in [1.54, 1.807) is 90.1 Å². The van der Waals surface area contributed by atoms with E-state index < -0.39 is 16.2 Å². The first kappa shape index (κ1) is 27.8. The molecule has 2 aromatic carbocycles. The van der Waals surface area contributed by atoms with Crippen molar-refractivity contribution in [1.29, 1.82) is 0 Å². The van der Waals surface area contributed by atoms with Gasteiger partial charge in [0.25, 0.3) is 0 Å². The molecule has 0 radical (unpaired) electrons. The smallest absolute Gasteiger partial charge is 0.316 e. The molecular formula is C30H36O5. The molecule has 5 heteroatoms. The Morgan fingerprint density at radius 3 is 1.83 bits per heavy atom. The molecule has 0 aliphatic heterocycles. The van der Waals surface area contributed by atoms with Crippen LogP contribution in [0.3, 0.4) is 0 Å². The van der Waals surface area contributed by atoms with Crippen LogP contribution in [0.5, 0.6) is 11.5 Å². The Kier molecular flexibility index (Phi) is 8.27. The maximum Gasteiger partial charge on any atom is 0.316 e. The first-order valence-electron chi connectivity index (χ1n) is 11.6. The molecule has 2 aromatic rings. The maximum absolute atomic E-state index is 12.7. The molecule has 0 saturated carbocycles. The third-order valence-corrected chi connectivity index (χ3v) is 5.41. The highest BCUT2D eigenvalue weighted by Crippen LogP contribution is 2.35. The van der Waals surface area contributed by atoms with Crippen LogP contribution < -0.4 is 9.47 Å². The number of carbonyl (C=O) groups excluding carboxylic acids is 3. The lowest BCUT2D eigenvalue weighted by molar-refractivity contribution is -0.143. The van der Waals surface area contributed by atoms with Crippen molar-refractivity contribution in [3.05, 3.63) is 77.9 Å². The average Bonchev–Trinajstić information content (AvgIpc) is 2.77. The first-order valence-corrected chi connectivity index (χ1v) is 11.6. The molecule has 0 amide bonds. The molecule has 0 aliphatic carbocycles. The number of hydrogen-bond acceptors (Lipinski definition) is 5. The number of benzene rings is 2.